The number of hydrogen-bond donors (Lipinski definition) is 1. The first-order chi connectivity index (χ1) is 6.06. The number of nitrogens with two attached hydrogens (primary N) is 1. The van der Waals surface area contributed by atoms with E-state index in [2.05, 4.69) is 6.92 Å². The Morgan fingerprint density at radius 1 is 1.38 bits per heavy atom. The molecular weight excluding hydrogens is 166 g/mol. The van der Waals surface area contributed by atoms with Crippen LogP contribution in [0.25, 0.3) is 0 Å². The molecular formula is C10H21NO2. The largest absolute Gasteiger partial charge is 0.463 e. The summed E-state index contributed by atoms with van der Waals surface area (Å²) in [5.74, 6) is -0.127. The molecule has 3 heteroatoms. The molecule has 2 atom stereocenters. The van der Waals surface area contributed by atoms with Crippen molar-refractivity contribution in [3.8, 4) is 0 Å². The summed E-state index contributed by atoms with van der Waals surface area (Å²) >= 11 is 0. The Hall–Kier alpha value is -0.570. The molecule has 0 spiro atoms. The van der Waals surface area contributed by atoms with Crippen molar-refractivity contribution in [1.29, 1.82) is 0 Å². The van der Waals surface area contributed by atoms with Gasteiger partial charge >= 0.3 is 5.97 Å². The fourth-order valence-electron chi connectivity index (χ4n) is 1.09. The second-order valence-electron chi connectivity index (χ2n) is 3.61. The van der Waals surface area contributed by atoms with Crippen molar-refractivity contribution in [2.24, 2.45) is 5.73 Å². The van der Waals surface area contributed by atoms with Crippen molar-refractivity contribution in [3.63, 3.8) is 0 Å². The molecule has 0 aliphatic carbocycles. The molecule has 13 heavy (non-hydrogen) atoms. The second kappa shape index (κ2) is 6.89. The van der Waals surface area contributed by atoms with Gasteiger partial charge in [0.2, 0.25) is 0 Å². The van der Waals surface area contributed by atoms with E-state index in [1.54, 1.807) is 0 Å². The van der Waals surface area contributed by atoms with E-state index < -0.39 is 0 Å². The molecule has 0 saturated carbocycles. The van der Waals surface area contributed by atoms with Crippen molar-refractivity contribution in [1.82, 2.24) is 0 Å². The highest BCUT2D eigenvalue weighted by molar-refractivity contribution is 5.69. The molecule has 0 rings (SSSR count). The molecule has 0 saturated heterocycles. The zero-order chi connectivity index (χ0) is 10.3. The van der Waals surface area contributed by atoms with Crippen LogP contribution in [-0.2, 0) is 9.53 Å². The summed E-state index contributed by atoms with van der Waals surface area (Å²) in [7, 11) is 0. The molecule has 0 fully saturated rings. The highest BCUT2D eigenvalue weighted by Gasteiger charge is 2.08. The Kier molecular flexibility index (Phi) is 6.59. The van der Waals surface area contributed by atoms with Crippen molar-refractivity contribution >= 4 is 5.97 Å². The maximum Gasteiger partial charge on any atom is 0.306 e. The average molecular weight is 187 g/mol. The molecule has 3 nitrogen and oxygen atoms in total. The number of ether oxygens (including phenoxy) is 1. The van der Waals surface area contributed by atoms with Crippen LogP contribution in [0.2, 0.25) is 0 Å². The lowest BCUT2D eigenvalue weighted by atomic mass is 10.2. The minimum Gasteiger partial charge on any atom is -0.463 e. The fourth-order valence-corrected chi connectivity index (χ4v) is 1.09. The SMILES string of the molecule is CCCC(C)OC(=O)CCC(C)N. The Bertz CT molecular complexity index is 146. The summed E-state index contributed by atoms with van der Waals surface area (Å²) in [5, 5.41) is 0. The van der Waals surface area contributed by atoms with Crippen LogP contribution in [0.15, 0.2) is 0 Å². The minimum atomic E-state index is -0.127. The van der Waals surface area contributed by atoms with E-state index in [0.717, 1.165) is 12.8 Å². The zero-order valence-electron chi connectivity index (χ0n) is 8.88. The van der Waals surface area contributed by atoms with Crippen LogP contribution in [-0.4, -0.2) is 18.1 Å². The van der Waals surface area contributed by atoms with Crippen LogP contribution in [0, 0.1) is 0 Å². The summed E-state index contributed by atoms with van der Waals surface area (Å²) in [6.45, 7) is 5.89. The summed E-state index contributed by atoms with van der Waals surface area (Å²) in [4.78, 5) is 11.2. The average Bonchev–Trinajstić information content (AvgIpc) is 2.01. The van der Waals surface area contributed by atoms with Crippen LogP contribution >= 0.6 is 0 Å². The van der Waals surface area contributed by atoms with Crippen molar-refractivity contribution in [2.45, 2.75) is 58.6 Å². The first kappa shape index (κ1) is 12.4. The highest BCUT2D eigenvalue weighted by Crippen LogP contribution is 2.04. The van der Waals surface area contributed by atoms with Crippen LogP contribution in [0.5, 0.6) is 0 Å². The minimum absolute atomic E-state index is 0.0468. The molecule has 0 aliphatic rings. The van der Waals surface area contributed by atoms with Gasteiger partial charge in [0.1, 0.15) is 0 Å². The third-order valence-corrected chi connectivity index (χ3v) is 1.83. The fraction of sp³-hybridized carbons (Fsp3) is 0.900. The quantitative estimate of drug-likeness (QED) is 0.645. The lowest BCUT2D eigenvalue weighted by molar-refractivity contribution is -0.148. The van der Waals surface area contributed by atoms with E-state index in [4.69, 9.17) is 10.5 Å². The lowest BCUT2D eigenvalue weighted by Crippen LogP contribution is -2.19. The molecule has 0 aromatic rings. The number of carbonyl (C=O) groups is 1. The van der Waals surface area contributed by atoms with E-state index >= 15 is 0 Å². The molecule has 0 bridgehead atoms. The molecule has 2 unspecified atom stereocenters. The second-order valence-corrected chi connectivity index (χ2v) is 3.61. The van der Waals surface area contributed by atoms with Gasteiger partial charge in [-0.15, -0.1) is 0 Å². The smallest absolute Gasteiger partial charge is 0.306 e. The molecule has 0 amide bonds. The van der Waals surface area contributed by atoms with Gasteiger partial charge in [-0.3, -0.25) is 4.79 Å². The molecule has 78 valence electrons. The number of carbonyl (C=O) groups excluding carboxylic acids is 1. The van der Waals surface area contributed by atoms with Gasteiger partial charge in [0.25, 0.3) is 0 Å². The van der Waals surface area contributed by atoms with E-state index in [9.17, 15) is 4.79 Å². The van der Waals surface area contributed by atoms with Crippen molar-refractivity contribution < 1.29 is 9.53 Å². The highest BCUT2D eigenvalue weighted by atomic mass is 16.5. The van der Waals surface area contributed by atoms with Crippen LogP contribution in [0.1, 0.15) is 46.5 Å². The monoisotopic (exact) mass is 187 g/mol. The maximum atomic E-state index is 11.2. The van der Waals surface area contributed by atoms with Gasteiger partial charge in [0.05, 0.1) is 6.10 Å². The van der Waals surface area contributed by atoms with E-state index in [-0.39, 0.29) is 18.1 Å². The first-order valence-electron chi connectivity index (χ1n) is 5.01. The van der Waals surface area contributed by atoms with Gasteiger partial charge in [0.15, 0.2) is 0 Å². The van der Waals surface area contributed by atoms with Gasteiger partial charge in [-0.05, 0) is 26.7 Å². The summed E-state index contributed by atoms with van der Waals surface area (Å²) in [6, 6.07) is 0.0778. The number of rotatable bonds is 6. The first-order valence-corrected chi connectivity index (χ1v) is 5.01. The van der Waals surface area contributed by atoms with E-state index in [1.165, 1.54) is 0 Å². The Morgan fingerprint density at radius 3 is 2.46 bits per heavy atom. The van der Waals surface area contributed by atoms with Crippen molar-refractivity contribution in [3.05, 3.63) is 0 Å². The van der Waals surface area contributed by atoms with Gasteiger partial charge < -0.3 is 10.5 Å². The Labute approximate surface area is 80.6 Å². The maximum absolute atomic E-state index is 11.2. The van der Waals surface area contributed by atoms with Gasteiger partial charge in [-0.25, -0.2) is 0 Å². The van der Waals surface area contributed by atoms with Crippen LogP contribution < -0.4 is 5.73 Å². The number of hydrogen-bond acceptors (Lipinski definition) is 3. The number of esters is 1. The third-order valence-electron chi connectivity index (χ3n) is 1.83. The molecule has 0 aliphatic heterocycles. The molecule has 0 aromatic carbocycles. The van der Waals surface area contributed by atoms with E-state index in [1.807, 2.05) is 13.8 Å². The standard InChI is InChI=1S/C10H21NO2/c1-4-5-9(3)13-10(12)7-6-8(2)11/h8-9H,4-7,11H2,1-3H3. The van der Waals surface area contributed by atoms with Crippen LogP contribution in [0.3, 0.4) is 0 Å². The van der Waals surface area contributed by atoms with Crippen LogP contribution in [0.4, 0.5) is 0 Å². The predicted octanol–water partition coefficient (Wildman–Crippen LogP) is 1.85. The lowest BCUT2D eigenvalue weighted by Gasteiger charge is -2.12. The van der Waals surface area contributed by atoms with Gasteiger partial charge in [0, 0.05) is 12.5 Å². The summed E-state index contributed by atoms with van der Waals surface area (Å²) in [5.41, 5.74) is 5.52. The molecule has 0 radical (unpaired) electrons. The molecule has 0 heterocycles. The molecule has 2 N–H and O–H groups in total. The van der Waals surface area contributed by atoms with E-state index in [0.29, 0.717) is 12.8 Å². The van der Waals surface area contributed by atoms with Gasteiger partial charge in [-0.2, -0.15) is 0 Å². The Morgan fingerprint density at radius 2 is 2.00 bits per heavy atom. The summed E-state index contributed by atoms with van der Waals surface area (Å²) < 4.78 is 5.15. The topological polar surface area (TPSA) is 52.3 Å². The van der Waals surface area contributed by atoms with Crippen molar-refractivity contribution in [2.75, 3.05) is 0 Å². The molecule has 0 aromatic heterocycles. The third kappa shape index (κ3) is 7.78. The zero-order valence-corrected chi connectivity index (χ0v) is 8.88. The van der Waals surface area contributed by atoms with Gasteiger partial charge in [-0.1, -0.05) is 13.3 Å². The summed E-state index contributed by atoms with van der Waals surface area (Å²) in [6.07, 6.45) is 3.17. The normalized spacial score (nSPS) is 15.1. The predicted molar refractivity (Wildman–Crippen MR) is 53.3 cm³/mol. The Balaban J connectivity index is 3.50.